The van der Waals surface area contributed by atoms with Crippen molar-refractivity contribution in [1.82, 2.24) is 10.2 Å². The lowest BCUT2D eigenvalue weighted by Gasteiger charge is -2.46. The standard InChI is InChI=1S/C15H28N2O/c1-3-13-9-16-15(12-4-5-12)10-17(13)14-6-7-18-11(2)8-14/h11-16H,3-10H2,1-2H3. The van der Waals surface area contributed by atoms with Crippen molar-refractivity contribution in [3.05, 3.63) is 0 Å². The molecule has 2 saturated heterocycles. The quantitative estimate of drug-likeness (QED) is 0.831. The van der Waals surface area contributed by atoms with E-state index in [0.717, 1.165) is 30.7 Å². The van der Waals surface area contributed by atoms with Crippen LogP contribution in [0.5, 0.6) is 0 Å². The Morgan fingerprint density at radius 2 is 2.11 bits per heavy atom. The van der Waals surface area contributed by atoms with Gasteiger partial charge in [0.05, 0.1) is 6.10 Å². The molecule has 1 N–H and O–H groups in total. The third-order valence-corrected chi connectivity index (χ3v) is 5.08. The van der Waals surface area contributed by atoms with Gasteiger partial charge in [-0.3, -0.25) is 4.90 Å². The van der Waals surface area contributed by atoms with Crippen LogP contribution < -0.4 is 5.32 Å². The molecule has 0 aromatic rings. The van der Waals surface area contributed by atoms with Gasteiger partial charge in [0.2, 0.25) is 0 Å². The highest BCUT2D eigenvalue weighted by molar-refractivity contribution is 4.96. The van der Waals surface area contributed by atoms with Crippen LogP contribution in [0.4, 0.5) is 0 Å². The fourth-order valence-electron chi connectivity index (χ4n) is 3.76. The Balaban J connectivity index is 1.64. The van der Waals surface area contributed by atoms with Gasteiger partial charge < -0.3 is 10.1 Å². The molecule has 2 heterocycles. The molecule has 4 atom stereocenters. The topological polar surface area (TPSA) is 24.5 Å². The van der Waals surface area contributed by atoms with Crippen molar-refractivity contribution < 1.29 is 4.74 Å². The van der Waals surface area contributed by atoms with Crippen molar-refractivity contribution in [2.24, 2.45) is 5.92 Å². The number of hydrogen-bond donors (Lipinski definition) is 1. The van der Waals surface area contributed by atoms with E-state index in [1.54, 1.807) is 0 Å². The second kappa shape index (κ2) is 5.48. The van der Waals surface area contributed by atoms with E-state index in [1.807, 2.05) is 0 Å². The Morgan fingerprint density at radius 1 is 1.28 bits per heavy atom. The number of rotatable bonds is 3. The second-order valence-electron chi connectivity index (χ2n) is 6.47. The van der Waals surface area contributed by atoms with Gasteiger partial charge in [0.1, 0.15) is 0 Å². The summed E-state index contributed by atoms with van der Waals surface area (Å²) in [4.78, 5) is 2.82. The summed E-state index contributed by atoms with van der Waals surface area (Å²) >= 11 is 0. The van der Waals surface area contributed by atoms with Crippen molar-refractivity contribution in [2.75, 3.05) is 19.7 Å². The van der Waals surface area contributed by atoms with Gasteiger partial charge in [0.15, 0.2) is 0 Å². The van der Waals surface area contributed by atoms with Gasteiger partial charge in [0, 0.05) is 37.8 Å². The molecule has 0 aromatic heterocycles. The van der Waals surface area contributed by atoms with E-state index in [9.17, 15) is 0 Å². The van der Waals surface area contributed by atoms with Crippen LogP contribution in [0.2, 0.25) is 0 Å². The van der Waals surface area contributed by atoms with Crippen molar-refractivity contribution >= 4 is 0 Å². The van der Waals surface area contributed by atoms with Gasteiger partial charge in [-0.05, 0) is 44.9 Å². The first-order valence-corrected chi connectivity index (χ1v) is 7.88. The molecule has 3 rings (SSSR count). The summed E-state index contributed by atoms with van der Waals surface area (Å²) in [6, 6.07) is 2.28. The molecule has 0 spiro atoms. The zero-order valence-corrected chi connectivity index (χ0v) is 11.9. The number of ether oxygens (including phenoxy) is 1. The summed E-state index contributed by atoms with van der Waals surface area (Å²) in [5, 5.41) is 3.79. The number of nitrogens with zero attached hydrogens (tertiary/aromatic N) is 1. The molecule has 1 aliphatic carbocycles. The van der Waals surface area contributed by atoms with E-state index >= 15 is 0 Å². The van der Waals surface area contributed by atoms with E-state index < -0.39 is 0 Å². The summed E-state index contributed by atoms with van der Waals surface area (Å²) in [5.41, 5.74) is 0. The average Bonchev–Trinajstić information content (AvgIpc) is 3.22. The molecule has 0 radical (unpaired) electrons. The van der Waals surface area contributed by atoms with E-state index in [2.05, 4.69) is 24.1 Å². The van der Waals surface area contributed by atoms with E-state index in [-0.39, 0.29) is 0 Å². The molecule has 3 aliphatic rings. The van der Waals surface area contributed by atoms with Crippen LogP contribution in [0.15, 0.2) is 0 Å². The number of piperazine rings is 1. The lowest BCUT2D eigenvalue weighted by atomic mass is 9.95. The molecule has 4 unspecified atom stereocenters. The molecule has 0 bridgehead atoms. The smallest absolute Gasteiger partial charge is 0.0561 e. The van der Waals surface area contributed by atoms with Gasteiger partial charge >= 0.3 is 0 Å². The van der Waals surface area contributed by atoms with Crippen molar-refractivity contribution in [2.45, 2.75) is 70.2 Å². The van der Waals surface area contributed by atoms with Gasteiger partial charge in [0.25, 0.3) is 0 Å². The fraction of sp³-hybridized carbons (Fsp3) is 1.00. The van der Waals surface area contributed by atoms with Crippen molar-refractivity contribution in [3.8, 4) is 0 Å². The minimum atomic E-state index is 0.454. The highest BCUT2D eigenvalue weighted by Gasteiger charge is 2.39. The maximum Gasteiger partial charge on any atom is 0.0561 e. The summed E-state index contributed by atoms with van der Waals surface area (Å²) < 4.78 is 5.71. The highest BCUT2D eigenvalue weighted by Crippen LogP contribution is 2.35. The van der Waals surface area contributed by atoms with Gasteiger partial charge in [-0.15, -0.1) is 0 Å². The summed E-state index contributed by atoms with van der Waals surface area (Å²) in [6.07, 6.45) is 7.09. The van der Waals surface area contributed by atoms with Gasteiger partial charge in [-0.25, -0.2) is 0 Å². The minimum Gasteiger partial charge on any atom is -0.378 e. The Morgan fingerprint density at radius 3 is 2.78 bits per heavy atom. The van der Waals surface area contributed by atoms with E-state index in [4.69, 9.17) is 4.74 Å². The number of hydrogen-bond acceptors (Lipinski definition) is 3. The predicted molar refractivity (Wildman–Crippen MR) is 73.7 cm³/mol. The van der Waals surface area contributed by atoms with E-state index in [1.165, 1.54) is 45.2 Å². The Hall–Kier alpha value is -0.120. The zero-order valence-electron chi connectivity index (χ0n) is 11.9. The van der Waals surface area contributed by atoms with E-state index in [0.29, 0.717) is 6.10 Å². The first-order chi connectivity index (χ1) is 8.78. The predicted octanol–water partition coefficient (Wildman–Crippen LogP) is 2.02. The van der Waals surface area contributed by atoms with Crippen LogP contribution in [-0.4, -0.2) is 48.8 Å². The molecule has 0 aromatic carbocycles. The highest BCUT2D eigenvalue weighted by atomic mass is 16.5. The maximum absolute atomic E-state index is 5.71. The van der Waals surface area contributed by atoms with Crippen molar-refractivity contribution in [1.29, 1.82) is 0 Å². The zero-order chi connectivity index (χ0) is 12.5. The fourth-order valence-corrected chi connectivity index (χ4v) is 3.76. The maximum atomic E-state index is 5.71. The lowest BCUT2D eigenvalue weighted by molar-refractivity contribution is -0.0392. The van der Waals surface area contributed by atoms with Crippen molar-refractivity contribution in [3.63, 3.8) is 0 Å². The molecule has 3 heteroatoms. The SMILES string of the molecule is CCC1CNC(C2CC2)CN1C1CCOC(C)C1. The van der Waals surface area contributed by atoms with Crippen LogP contribution in [0, 0.1) is 5.92 Å². The molecule has 104 valence electrons. The first-order valence-electron chi connectivity index (χ1n) is 7.88. The Kier molecular flexibility index (Phi) is 3.92. The molecular weight excluding hydrogens is 224 g/mol. The lowest BCUT2D eigenvalue weighted by Crippen LogP contribution is -2.61. The Labute approximate surface area is 111 Å². The number of nitrogens with one attached hydrogen (secondary N) is 1. The van der Waals surface area contributed by atoms with Gasteiger partial charge in [-0.1, -0.05) is 6.92 Å². The van der Waals surface area contributed by atoms with Gasteiger partial charge in [-0.2, -0.15) is 0 Å². The summed E-state index contributed by atoms with van der Waals surface area (Å²) in [7, 11) is 0. The molecule has 2 aliphatic heterocycles. The van der Waals surface area contributed by atoms with Crippen LogP contribution in [0.25, 0.3) is 0 Å². The van der Waals surface area contributed by atoms with Crippen LogP contribution in [0.1, 0.15) is 46.0 Å². The third kappa shape index (κ3) is 2.73. The molecule has 18 heavy (non-hydrogen) atoms. The monoisotopic (exact) mass is 252 g/mol. The molecule has 3 nitrogen and oxygen atoms in total. The van der Waals surface area contributed by atoms with Crippen LogP contribution in [-0.2, 0) is 4.74 Å². The largest absolute Gasteiger partial charge is 0.378 e. The summed E-state index contributed by atoms with van der Waals surface area (Å²) in [6.45, 7) is 8.00. The first kappa shape index (κ1) is 12.9. The van der Waals surface area contributed by atoms with Crippen LogP contribution >= 0.6 is 0 Å². The molecule has 0 amide bonds. The Bertz CT molecular complexity index is 280. The normalized spacial score (nSPS) is 43.0. The molecule has 3 fully saturated rings. The average molecular weight is 252 g/mol. The molecule has 1 saturated carbocycles. The molecular formula is C15H28N2O. The van der Waals surface area contributed by atoms with Crippen LogP contribution in [0.3, 0.4) is 0 Å². The third-order valence-electron chi connectivity index (χ3n) is 5.08. The summed E-state index contributed by atoms with van der Waals surface area (Å²) in [5.74, 6) is 0.975. The second-order valence-corrected chi connectivity index (χ2v) is 6.47. The minimum absolute atomic E-state index is 0.454.